The van der Waals surface area contributed by atoms with Crippen LogP contribution in [-0.2, 0) is 19.6 Å². The Morgan fingerprint density at radius 1 is 1.14 bits per heavy atom. The summed E-state index contributed by atoms with van der Waals surface area (Å²) in [5, 5.41) is 3.43. The zero-order chi connectivity index (χ0) is 15.1. The number of nitrogens with zero attached hydrogens (tertiary/aromatic N) is 1. The average molecular weight is 290 g/mol. The second-order valence-electron chi connectivity index (χ2n) is 5.78. The van der Waals surface area contributed by atoms with Gasteiger partial charge in [0.2, 0.25) is 0 Å². The minimum Gasteiger partial charge on any atom is -0.468 e. The van der Waals surface area contributed by atoms with Gasteiger partial charge in [-0.05, 0) is 37.2 Å². The summed E-state index contributed by atoms with van der Waals surface area (Å²) in [6.45, 7) is 11.1. The van der Waals surface area contributed by atoms with E-state index in [0.29, 0.717) is 5.92 Å². The SMILES string of the molecule is CCN(Cc1ccco1)Cc1ccoc1CNCC(C)C. The summed E-state index contributed by atoms with van der Waals surface area (Å²) in [7, 11) is 0. The zero-order valence-electron chi connectivity index (χ0n) is 13.3. The summed E-state index contributed by atoms with van der Waals surface area (Å²) in [5.41, 5.74) is 1.25. The van der Waals surface area contributed by atoms with Crippen LogP contribution in [-0.4, -0.2) is 18.0 Å². The molecule has 4 heteroatoms. The van der Waals surface area contributed by atoms with Gasteiger partial charge < -0.3 is 14.2 Å². The van der Waals surface area contributed by atoms with E-state index in [1.54, 1.807) is 12.5 Å². The van der Waals surface area contributed by atoms with Crippen molar-refractivity contribution in [3.05, 3.63) is 47.8 Å². The average Bonchev–Trinajstić information content (AvgIpc) is 3.10. The maximum atomic E-state index is 5.61. The molecule has 0 aliphatic heterocycles. The molecule has 21 heavy (non-hydrogen) atoms. The van der Waals surface area contributed by atoms with Crippen LogP contribution in [0.1, 0.15) is 37.9 Å². The third-order valence-corrected chi connectivity index (χ3v) is 3.48. The van der Waals surface area contributed by atoms with Crippen molar-refractivity contribution in [3.8, 4) is 0 Å². The summed E-state index contributed by atoms with van der Waals surface area (Å²) >= 11 is 0. The molecular weight excluding hydrogens is 264 g/mol. The van der Waals surface area contributed by atoms with Crippen molar-refractivity contribution >= 4 is 0 Å². The summed E-state index contributed by atoms with van der Waals surface area (Å²) in [6.07, 6.45) is 3.50. The zero-order valence-corrected chi connectivity index (χ0v) is 13.3. The second kappa shape index (κ2) is 8.05. The molecule has 2 aromatic rings. The Kier molecular flexibility index (Phi) is 6.08. The van der Waals surface area contributed by atoms with E-state index >= 15 is 0 Å². The Morgan fingerprint density at radius 2 is 2.00 bits per heavy atom. The van der Waals surface area contributed by atoms with E-state index < -0.39 is 0 Å². The van der Waals surface area contributed by atoms with E-state index in [9.17, 15) is 0 Å². The molecule has 2 heterocycles. The van der Waals surface area contributed by atoms with Crippen LogP contribution in [0.2, 0.25) is 0 Å². The minimum atomic E-state index is 0.648. The number of nitrogens with one attached hydrogen (secondary N) is 1. The first-order valence-electron chi connectivity index (χ1n) is 7.69. The van der Waals surface area contributed by atoms with Crippen LogP contribution in [0.3, 0.4) is 0 Å². The Bertz CT molecular complexity index is 503. The highest BCUT2D eigenvalue weighted by Crippen LogP contribution is 2.15. The second-order valence-corrected chi connectivity index (χ2v) is 5.78. The Labute approximate surface area is 127 Å². The third-order valence-electron chi connectivity index (χ3n) is 3.48. The van der Waals surface area contributed by atoms with Crippen LogP contribution in [0.15, 0.2) is 39.6 Å². The molecule has 1 N–H and O–H groups in total. The first kappa shape index (κ1) is 15.9. The summed E-state index contributed by atoms with van der Waals surface area (Å²) in [5.74, 6) is 2.68. The van der Waals surface area contributed by atoms with Crippen molar-refractivity contribution in [3.63, 3.8) is 0 Å². The molecule has 0 saturated carbocycles. The molecule has 2 aromatic heterocycles. The van der Waals surface area contributed by atoms with Gasteiger partial charge in [-0.15, -0.1) is 0 Å². The minimum absolute atomic E-state index is 0.648. The van der Waals surface area contributed by atoms with Gasteiger partial charge in [-0.1, -0.05) is 20.8 Å². The van der Waals surface area contributed by atoms with E-state index in [2.05, 4.69) is 37.1 Å². The molecule has 0 radical (unpaired) electrons. The molecule has 4 nitrogen and oxygen atoms in total. The predicted molar refractivity (Wildman–Crippen MR) is 83.7 cm³/mol. The molecule has 0 aromatic carbocycles. The molecule has 0 bridgehead atoms. The summed E-state index contributed by atoms with van der Waals surface area (Å²) < 4.78 is 11.0. The standard InChI is InChI=1S/C17H26N2O2/c1-4-19(13-16-6-5-8-20-16)12-15-7-9-21-17(15)11-18-10-14(2)3/h5-9,14,18H,4,10-13H2,1-3H3. The van der Waals surface area contributed by atoms with Gasteiger partial charge in [-0.2, -0.15) is 0 Å². The smallest absolute Gasteiger partial charge is 0.122 e. The van der Waals surface area contributed by atoms with Crippen molar-refractivity contribution in [1.29, 1.82) is 0 Å². The molecule has 0 unspecified atom stereocenters. The van der Waals surface area contributed by atoms with Crippen LogP contribution >= 0.6 is 0 Å². The maximum Gasteiger partial charge on any atom is 0.122 e. The first-order valence-corrected chi connectivity index (χ1v) is 7.69. The number of furan rings is 2. The number of hydrogen-bond donors (Lipinski definition) is 1. The molecule has 0 atom stereocenters. The van der Waals surface area contributed by atoms with Crippen molar-refractivity contribution < 1.29 is 8.83 Å². The van der Waals surface area contributed by atoms with Gasteiger partial charge in [0, 0.05) is 12.1 Å². The van der Waals surface area contributed by atoms with E-state index in [1.165, 1.54) is 5.56 Å². The lowest BCUT2D eigenvalue weighted by Crippen LogP contribution is -2.24. The van der Waals surface area contributed by atoms with Gasteiger partial charge >= 0.3 is 0 Å². The monoisotopic (exact) mass is 290 g/mol. The highest BCUT2D eigenvalue weighted by Gasteiger charge is 2.12. The van der Waals surface area contributed by atoms with Gasteiger partial charge in [0.25, 0.3) is 0 Å². The van der Waals surface area contributed by atoms with Crippen LogP contribution < -0.4 is 5.32 Å². The molecule has 0 aliphatic carbocycles. The summed E-state index contributed by atoms with van der Waals surface area (Å²) in [4.78, 5) is 2.34. The lowest BCUT2D eigenvalue weighted by molar-refractivity contribution is 0.245. The largest absolute Gasteiger partial charge is 0.468 e. The molecule has 116 valence electrons. The third kappa shape index (κ3) is 5.06. The lowest BCUT2D eigenvalue weighted by atomic mass is 10.2. The van der Waals surface area contributed by atoms with Crippen molar-refractivity contribution in [2.45, 2.75) is 40.4 Å². The van der Waals surface area contributed by atoms with Gasteiger partial charge in [-0.3, -0.25) is 4.90 Å². The molecule has 0 fully saturated rings. The van der Waals surface area contributed by atoms with E-state index in [1.807, 2.05) is 12.1 Å². The topological polar surface area (TPSA) is 41.6 Å². The number of rotatable bonds is 9. The van der Waals surface area contributed by atoms with Crippen molar-refractivity contribution in [2.75, 3.05) is 13.1 Å². The van der Waals surface area contributed by atoms with Crippen LogP contribution in [0.5, 0.6) is 0 Å². The van der Waals surface area contributed by atoms with Crippen molar-refractivity contribution in [2.24, 2.45) is 5.92 Å². The Balaban J connectivity index is 1.90. The van der Waals surface area contributed by atoms with Crippen LogP contribution in [0, 0.1) is 5.92 Å². The first-order chi connectivity index (χ1) is 10.2. The maximum absolute atomic E-state index is 5.61. The van der Waals surface area contributed by atoms with Crippen LogP contribution in [0.4, 0.5) is 0 Å². The molecule has 0 amide bonds. The molecule has 0 aliphatic rings. The normalized spacial score (nSPS) is 11.7. The van der Waals surface area contributed by atoms with Crippen LogP contribution in [0.25, 0.3) is 0 Å². The molecule has 0 spiro atoms. The fourth-order valence-corrected chi connectivity index (χ4v) is 2.28. The van der Waals surface area contributed by atoms with E-state index in [0.717, 1.165) is 44.2 Å². The number of hydrogen-bond acceptors (Lipinski definition) is 4. The lowest BCUT2D eigenvalue weighted by Gasteiger charge is -2.19. The molecular formula is C17H26N2O2. The van der Waals surface area contributed by atoms with Gasteiger partial charge in [0.1, 0.15) is 11.5 Å². The Hall–Kier alpha value is -1.52. The fraction of sp³-hybridized carbons (Fsp3) is 0.529. The fourth-order valence-electron chi connectivity index (χ4n) is 2.28. The van der Waals surface area contributed by atoms with E-state index in [4.69, 9.17) is 8.83 Å². The van der Waals surface area contributed by atoms with Gasteiger partial charge in [0.15, 0.2) is 0 Å². The van der Waals surface area contributed by atoms with E-state index in [-0.39, 0.29) is 0 Å². The van der Waals surface area contributed by atoms with Gasteiger partial charge in [-0.25, -0.2) is 0 Å². The molecule has 0 saturated heterocycles. The quantitative estimate of drug-likeness (QED) is 0.765. The Morgan fingerprint density at radius 3 is 2.67 bits per heavy atom. The highest BCUT2D eigenvalue weighted by atomic mass is 16.3. The van der Waals surface area contributed by atoms with Crippen molar-refractivity contribution in [1.82, 2.24) is 10.2 Å². The molecule has 2 rings (SSSR count). The summed E-state index contributed by atoms with van der Waals surface area (Å²) in [6, 6.07) is 6.02. The predicted octanol–water partition coefficient (Wildman–Crippen LogP) is 3.64. The highest BCUT2D eigenvalue weighted by molar-refractivity contribution is 5.17. The van der Waals surface area contributed by atoms with Gasteiger partial charge in [0.05, 0.1) is 25.6 Å².